The summed E-state index contributed by atoms with van der Waals surface area (Å²) in [5, 5.41) is 13.9. The van der Waals surface area contributed by atoms with Gasteiger partial charge < -0.3 is 19.7 Å². The van der Waals surface area contributed by atoms with Crippen LogP contribution in [0.3, 0.4) is 0 Å². The number of cyclic esters (lactones) is 2. The fraction of sp³-hybridized carbons (Fsp3) is 0.429. The van der Waals surface area contributed by atoms with Gasteiger partial charge in [0.2, 0.25) is 0 Å². The van der Waals surface area contributed by atoms with Gasteiger partial charge in [-0.3, -0.25) is 0 Å². The van der Waals surface area contributed by atoms with Gasteiger partial charge in [0, 0.05) is 0 Å². The van der Waals surface area contributed by atoms with Crippen LogP contribution in [0.25, 0.3) is 0 Å². The number of carboxylic acid groups (broad SMARTS) is 2. The van der Waals surface area contributed by atoms with Crippen molar-refractivity contribution >= 4 is 12.3 Å². The van der Waals surface area contributed by atoms with Crippen molar-refractivity contribution in [3.8, 4) is 0 Å². The van der Waals surface area contributed by atoms with E-state index in [4.69, 9.17) is 15.0 Å². The Morgan fingerprint density at radius 3 is 2.00 bits per heavy atom. The van der Waals surface area contributed by atoms with Crippen LogP contribution in [0.2, 0.25) is 0 Å². The molecule has 0 bridgehead atoms. The Bertz CT molecular complexity index is 162. The fourth-order valence-corrected chi connectivity index (χ4v) is 0.418. The molecule has 2 N–H and O–H groups in total. The molecule has 13 heavy (non-hydrogen) atoms. The van der Waals surface area contributed by atoms with Crippen molar-refractivity contribution in [1.82, 2.24) is 0 Å². The SMILES string of the molecule is C=C.CC1COC(=O)O1.O=C(O)O. The van der Waals surface area contributed by atoms with E-state index in [0.717, 1.165) is 0 Å². The monoisotopic (exact) mass is 192 g/mol. The number of ether oxygens (including phenoxy) is 2. The zero-order valence-electron chi connectivity index (χ0n) is 7.23. The van der Waals surface area contributed by atoms with Gasteiger partial charge in [0.25, 0.3) is 0 Å². The highest BCUT2D eigenvalue weighted by Crippen LogP contribution is 2.02. The van der Waals surface area contributed by atoms with Crippen LogP contribution in [0, 0.1) is 0 Å². The number of carbonyl (C=O) groups is 2. The van der Waals surface area contributed by atoms with Crippen molar-refractivity contribution < 1.29 is 29.3 Å². The maximum Gasteiger partial charge on any atom is 0.508 e. The lowest BCUT2D eigenvalue weighted by atomic mass is 10.5. The molecular weight excluding hydrogens is 180 g/mol. The van der Waals surface area contributed by atoms with Crippen LogP contribution in [0.4, 0.5) is 9.59 Å². The predicted molar refractivity (Wildman–Crippen MR) is 43.8 cm³/mol. The second-order valence-corrected chi connectivity index (χ2v) is 1.77. The molecule has 6 heteroatoms. The maximum atomic E-state index is 10.0. The highest BCUT2D eigenvalue weighted by atomic mass is 16.8. The molecule has 1 unspecified atom stereocenters. The first kappa shape index (κ1) is 13.8. The van der Waals surface area contributed by atoms with Gasteiger partial charge in [-0.2, -0.15) is 0 Å². The Balaban J connectivity index is 0. The molecule has 1 fully saturated rings. The Morgan fingerprint density at radius 1 is 1.54 bits per heavy atom. The van der Waals surface area contributed by atoms with Crippen LogP contribution in [0.15, 0.2) is 13.2 Å². The molecule has 0 aromatic carbocycles. The Kier molecular flexibility index (Phi) is 8.92. The van der Waals surface area contributed by atoms with E-state index in [1.165, 1.54) is 0 Å². The van der Waals surface area contributed by atoms with E-state index in [-0.39, 0.29) is 6.10 Å². The molecule has 1 aliphatic heterocycles. The van der Waals surface area contributed by atoms with Gasteiger partial charge in [0.15, 0.2) is 0 Å². The summed E-state index contributed by atoms with van der Waals surface area (Å²) in [7, 11) is 0. The van der Waals surface area contributed by atoms with Gasteiger partial charge in [-0.05, 0) is 6.92 Å². The lowest BCUT2D eigenvalue weighted by Gasteiger charge is -1.90. The van der Waals surface area contributed by atoms with Crippen molar-refractivity contribution in [3.63, 3.8) is 0 Å². The third-order valence-electron chi connectivity index (χ3n) is 0.733. The molecule has 1 rings (SSSR count). The van der Waals surface area contributed by atoms with Gasteiger partial charge in [-0.1, -0.05) is 0 Å². The molecule has 6 nitrogen and oxygen atoms in total. The van der Waals surface area contributed by atoms with Crippen LogP contribution >= 0.6 is 0 Å². The molecule has 1 heterocycles. The quantitative estimate of drug-likeness (QED) is 0.447. The lowest BCUT2D eigenvalue weighted by molar-refractivity contribution is 0.121. The molecule has 0 radical (unpaired) electrons. The number of hydrogen-bond donors (Lipinski definition) is 2. The molecule has 1 atom stereocenters. The van der Waals surface area contributed by atoms with E-state index in [1.807, 2.05) is 0 Å². The summed E-state index contributed by atoms with van der Waals surface area (Å²) in [6, 6.07) is 0. The summed E-state index contributed by atoms with van der Waals surface area (Å²) in [5.41, 5.74) is 0. The minimum absolute atomic E-state index is 0.0486. The third kappa shape index (κ3) is 13.3. The van der Waals surface area contributed by atoms with Gasteiger partial charge in [0.1, 0.15) is 12.7 Å². The van der Waals surface area contributed by atoms with E-state index in [2.05, 4.69) is 22.6 Å². The highest BCUT2D eigenvalue weighted by molar-refractivity contribution is 5.61. The van der Waals surface area contributed by atoms with Crippen LogP contribution in [-0.2, 0) is 9.47 Å². The summed E-state index contributed by atoms with van der Waals surface area (Å²) in [6.07, 6.45) is -2.43. The summed E-state index contributed by atoms with van der Waals surface area (Å²) in [6.45, 7) is 8.18. The average Bonchev–Trinajstić information content (AvgIpc) is 2.38. The van der Waals surface area contributed by atoms with E-state index in [0.29, 0.717) is 6.61 Å². The minimum Gasteiger partial charge on any atom is -0.450 e. The van der Waals surface area contributed by atoms with Gasteiger partial charge in [0.05, 0.1) is 0 Å². The third-order valence-corrected chi connectivity index (χ3v) is 0.733. The summed E-state index contributed by atoms with van der Waals surface area (Å²) in [5.74, 6) is 0. The molecule has 0 aliphatic carbocycles. The normalized spacial score (nSPS) is 17.9. The molecule has 1 aliphatic rings. The molecule has 76 valence electrons. The molecule has 0 saturated carbocycles. The molecule has 0 aromatic rings. The van der Waals surface area contributed by atoms with Crippen molar-refractivity contribution in [1.29, 1.82) is 0 Å². The zero-order chi connectivity index (χ0) is 10.9. The summed E-state index contributed by atoms with van der Waals surface area (Å²) in [4.78, 5) is 18.6. The van der Waals surface area contributed by atoms with Gasteiger partial charge in [-0.15, -0.1) is 13.2 Å². The average molecular weight is 192 g/mol. The van der Waals surface area contributed by atoms with Crippen LogP contribution < -0.4 is 0 Å². The smallest absolute Gasteiger partial charge is 0.450 e. The second-order valence-electron chi connectivity index (χ2n) is 1.77. The van der Waals surface area contributed by atoms with Crippen molar-refractivity contribution in [3.05, 3.63) is 13.2 Å². The Labute approximate surface area is 75.4 Å². The van der Waals surface area contributed by atoms with E-state index in [1.54, 1.807) is 6.92 Å². The van der Waals surface area contributed by atoms with Gasteiger partial charge in [-0.25, -0.2) is 9.59 Å². The topological polar surface area (TPSA) is 93.1 Å². The first-order valence-corrected chi connectivity index (χ1v) is 3.27. The van der Waals surface area contributed by atoms with Gasteiger partial charge >= 0.3 is 12.3 Å². The number of rotatable bonds is 0. The van der Waals surface area contributed by atoms with E-state index < -0.39 is 12.3 Å². The molecular formula is C7H12O6. The first-order valence-electron chi connectivity index (χ1n) is 3.27. The summed E-state index contributed by atoms with van der Waals surface area (Å²) < 4.78 is 8.90. The Hall–Kier alpha value is -1.72. The van der Waals surface area contributed by atoms with E-state index >= 15 is 0 Å². The number of carbonyl (C=O) groups excluding carboxylic acids is 1. The van der Waals surface area contributed by atoms with Crippen molar-refractivity contribution in [2.75, 3.05) is 6.61 Å². The second kappa shape index (κ2) is 8.38. The molecule has 0 spiro atoms. The predicted octanol–water partition coefficient (Wildman–Crippen LogP) is 1.57. The standard InChI is InChI=1S/C4H6O3.C2H4.CH2O3/c1-3-2-6-4(5)7-3;1-2;2-1(3)4/h3H,2H2,1H3;1-2H2;(H2,2,3,4). The lowest BCUT2D eigenvalue weighted by Crippen LogP contribution is -2.01. The van der Waals surface area contributed by atoms with Crippen molar-refractivity contribution in [2.45, 2.75) is 13.0 Å². The molecule has 1 saturated heterocycles. The van der Waals surface area contributed by atoms with Crippen molar-refractivity contribution in [2.24, 2.45) is 0 Å². The molecule has 0 amide bonds. The Morgan fingerprint density at radius 2 is 1.92 bits per heavy atom. The van der Waals surface area contributed by atoms with Crippen LogP contribution in [0.1, 0.15) is 6.92 Å². The fourth-order valence-electron chi connectivity index (χ4n) is 0.418. The number of hydrogen-bond acceptors (Lipinski definition) is 4. The zero-order valence-corrected chi connectivity index (χ0v) is 7.23. The van der Waals surface area contributed by atoms with Crippen LogP contribution in [0.5, 0.6) is 0 Å². The largest absolute Gasteiger partial charge is 0.508 e. The highest BCUT2D eigenvalue weighted by Gasteiger charge is 2.19. The minimum atomic E-state index is -1.83. The maximum absolute atomic E-state index is 10.0. The van der Waals surface area contributed by atoms with Crippen LogP contribution in [-0.4, -0.2) is 35.2 Å². The summed E-state index contributed by atoms with van der Waals surface area (Å²) >= 11 is 0. The first-order chi connectivity index (χ1) is 6.02. The van der Waals surface area contributed by atoms with E-state index in [9.17, 15) is 4.79 Å². The molecule has 0 aromatic heterocycles.